The van der Waals surface area contributed by atoms with E-state index in [0.29, 0.717) is 0 Å². The zero-order valence-electron chi connectivity index (χ0n) is 11.9. The lowest BCUT2D eigenvalue weighted by molar-refractivity contribution is -0.141. The van der Waals surface area contributed by atoms with Gasteiger partial charge in [-0.15, -0.1) is 12.4 Å². The normalized spacial score (nSPS) is 12.8. The number of nitrogens with two attached hydrogens (primary N) is 1. The van der Waals surface area contributed by atoms with E-state index in [4.69, 9.17) is 5.73 Å². The molecule has 0 bridgehead atoms. The molecule has 0 aromatic heterocycles. The van der Waals surface area contributed by atoms with Gasteiger partial charge in [0.25, 0.3) is 0 Å². The van der Waals surface area contributed by atoms with Crippen LogP contribution in [0.25, 0.3) is 0 Å². The fourth-order valence-corrected chi connectivity index (χ4v) is 1.64. The van der Waals surface area contributed by atoms with Gasteiger partial charge in [-0.3, -0.25) is 9.59 Å². The van der Waals surface area contributed by atoms with Gasteiger partial charge in [-0.05, 0) is 19.4 Å². The summed E-state index contributed by atoms with van der Waals surface area (Å²) in [4.78, 5) is 23.0. The molecule has 0 fully saturated rings. The molecular formula is C14H21ClN2O3. The number of rotatable bonds is 5. The predicted octanol–water partition coefficient (Wildman–Crippen LogP) is 1.48. The molecule has 0 saturated carbocycles. The van der Waals surface area contributed by atoms with Crippen molar-refractivity contribution in [2.45, 2.75) is 32.4 Å². The Morgan fingerprint density at radius 1 is 1.30 bits per heavy atom. The smallest absolute Gasteiger partial charge is 0.307 e. The minimum absolute atomic E-state index is 0. The van der Waals surface area contributed by atoms with Crippen LogP contribution in [-0.4, -0.2) is 25.0 Å². The molecular weight excluding hydrogens is 280 g/mol. The second-order valence-electron chi connectivity index (χ2n) is 4.58. The first kappa shape index (κ1) is 18.4. The largest absolute Gasteiger partial charge is 0.469 e. The van der Waals surface area contributed by atoms with Crippen molar-refractivity contribution in [3.8, 4) is 0 Å². The van der Waals surface area contributed by atoms with Crippen LogP contribution in [0.15, 0.2) is 24.3 Å². The van der Waals surface area contributed by atoms with E-state index >= 15 is 0 Å². The molecule has 112 valence electrons. The minimum atomic E-state index is -0.735. The first-order valence-corrected chi connectivity index (χ1v) is 6.13. The number of nitrogens with one attached hydrogen (secondary N) is 1. The van der Waals surface area contributed by atoms with E-state index < -0.39 is 6.04 Å². The number of halogens is 1. The lowest BCUT2D eigenvalue weighted by Gasteiger charge is -2.17. The van der Waals surface area contributed by atoms with Crippen molar-refractivity contribution >= 4 is 24.3 Å². The number of hydrogen-bond acceptors (Lipinski definition) is 4. The van der Waals surface area contributed by atoms with Crippen LogP contribution in [0.2, 0.25) is 0 Å². The molecule has 0 aliphatic rings. The number of amides is 1. The Hall–Kier alpha value is -1.59. The van der Waals surface area contributed by atoms with Crippen LogP contribution in [0.5, 0.6) is 0 Å². The zero-order valence-corrected chi connectivity index (χ0v) is 12.7. The van der Waals surface area contributed by atoms with E-state index in [-0.39, 0.29) is 36.7 Å². The van der Waals surface area contributed by atoms with Gasteiger partial charge in [0.1, 0.15) is 6.04 Å². The average Bonchev–Trinajstić information content (AvgIpc) is 2.38. The summed E-state index contributed by atoms with van der Waals surface area (Å²) in [7, 11) is 1.31. The second kappa shape index (κ2) is 8.55. The van der Waals surface area contributed by atoms with E-state index in [1.54, 1.807) is 6.92 Å². The third-order valence-corrected chi connectivity index (χ3v) is 2.81. The molecule has 0 radical (unpaired) electrons. The van der Waals surface area contributed by atoms with Crippen molar-refractivity contribution in [3.63, 3.8) is 0 Å². The molecule has 20 heavy (non-hydrogen) atoms. The predicted molar refractivity (Wildman–Crippen MR) is 79.6 cm³/mol. The molecule has 0 aliphatic carbocycles. The Kier molecular flexibility index (Phi) is 7.87. The van der Waals surface area contributed by atoms with Crippen LogP contribution in [0.3, 0.4) is 0 Å². The van der Waals surface area contributed by atoms with Gasteiger partial charge in [0.2, 0.25) is 5.91 Å². The molecule has 3 N–H and O–H groups in total. The summed E-state index contributed by atoms with van der Waals surface area (Å²) in [6, 6.07) is 6.41. The number of methoxy groups -OCH3 is 1. The summed E-state index contributed by atoms with van der Waals surface area (Å²) in [5.41, 5.74) is 7.72. The third-order valence-electron chi connectivity index (χ3n) is 2.81. The molecule has 6 heteroatoms. The first-order chi connectivity index (χ1) is 8.93. The van der Waals surface area contributed by atoms with E-state index in [1.807, 2.05) is 31.2 Å². The number of carbonyl (C=O) groups excluding carboxylic acids is 2. The molecule has 1 aromatic rings. The Morgan fingerprint density at radius 2 is 1.85 bits per heavy atom. The van der Waals surface area contributed by atoms with Crippen molar-refractivity contribution in [1.29, 1.82) is 0 Å². The molecule has 1 amide bonds. The number of benzene rings is 1. The van der Waals surface area contributed by atoms with Gasteiger partial charge in [-0.25, -0.2) is 0 Å². The molecule has 5 nitrogen and oxygen atoms in total. The summed E-state index contributed by atoms with van der Waals surface area (Å²) >= 11 is 0. The lowest BCUT2D eigenvalue weighted by Crippen LogP contribution is -2.40. The molecule has 0 saturated heterocycles. The van der Waals surface area contributed by atoms with E-state index in [0.717, 1.165) is 11.1 Å². The maximum absolute atomic E-state index is 11.9. The Labute approximate surface area is 125 Å². The van der Waals surface area contributed by atoms with E-state index in [2.05, 4.69) is 10.1 Å². The van der Waals surface area contributed by atoms with Crippen LogP contribution < -0.4 is 11.1 Å². The Bertz CT molecular complexity index is 448. The molecule has 2 atom stereocenters. The maximum Gasteiger partial charge on any atom is 0.307 e. The Balaban J connectivity index is 0.00000361. The fourth-order valence-electron chi connectivity index (χ4n) is 1.64. The lowest BCUT2D eigenvalue weighted by atomic mass is 10.0. The molecule has 1 aromatic carbocycles. The van der Waals surface area contributed by atoms with Crippen molar-refractivity contribution in [3.05, 3.63) is 35.4 Å². The maximum atomic E-state index is 11.9. The molecule has 0 heterocycles. The number of esters is 1. The van der Waals surface area contributed by atoms with Crippen LogP contribution in [0.4, 0.5) is 0 Å². The SMILES string of the molecule is COC(=O)CC(C)NC(=O)C(N)c1ccc(C)cc1.Cl. The van der Waals surface area contributed by atoms with Crippen LogP contribution in [0, 0.1) is 6.92 Å². The topological polar surface area (TPSA) is 81.4 Å². The average molecular weight is 301 g/mol. The quantitative estimate of drug-likeness (QED) is 0.807. The highest BCUT2D eigenvalue weighted by atomic mass is 35.5. The van der Waals surface area contributed by atoms with Gasteiger partial charge in [0.15, 0.2) is 0 Å². The first-order valence-electron chi connectivity index (χ1n) is 6.13. The molecule has 1 rings (SSSR count). The standard InChI is InChI=1S/C14H20N2O3.ClH/c1-9-4-6-11(7-5-9)13(15)14(18)16-10(2)8-12(17)19-3;/h4-7,10,13H,8,15H2,1-3H3,(H,16,18);1H. The van der Waals surface area contributed by atoms with Gasteiger partial charge < -0.3 is 15.8 Å². The Morgan fingerprint density at radius 3 is 2.35 bits per heavy atom. The molecule has 0 aliphatic heterocycles. The highest BCUT2D eigenvalue weighted by Gasteiger charge is 2.19. The second-order valence-corrected chi connectivity index (χ2v) is 4.58. The van der Waals surface area contributed by atoms with E-state index in [1.165, 1.54) is 7.11 Å². The monoisotopic (exact) mass is 300 g/mol. The summed E-state index contributed by atoms with van der Waals surface area (Å²) in [5, 5.41) is 2.69. The molecule has 2 unspecified atom stereocenters. The van der Waals surface area contributed by atoms with Crippen LogP contribution in [0.1, 0.15) is 30.5 Å². The van der Waals surface area contributed by atoms with Gasteiger partial charge in [-0.1, -0.05) is 29.8 Å². The summed E-state index contributed by atoms with van der Waals surface area (Å²) < 4.78 is 4.54. The van der Waals surface area contributed by atoms with Gasteiger partial charge >= 0.3 is 5.97 Å². The van der Waals surface area contributed by atoms with Gasteiger partial charge in [0, 0.05) is 6.04 Å². The number of ether oxygens (including phenoxy) is 1. The minimum Gasteiger partial charge on any atom is -0.469 e. The number of hydrogen-bond donors (Lipinski definition) is 2. The van der Waals surface area contributed by atoms with Crippen molar-refractivity contribution in [2.75, 3.05) is 7.11 Å². The summed E-state index contributed by atoms with van der Waals surface area (Å²) in [6.07, 6.45) is 0.128. The van der Waals surface area contributed by atoms with Crippen molar-refractivity contribution in [2.24, 2.45) is 5.73 Å². The third kappa shape index (κ3) is 5.59. The number of aryl methyl sites for hydroxylation is 1. The van der Waals surface area contributed by atoms with Crippen LogP contribution >= 0.6 is 12.4 Å². The van der Waals surface area contributed by atoms with Gasteiger partial charge in [0.05, 0.1) is 13.5 Å². The molecule has 0 spiro atoms. The highest BCUT2D eigenvalue weighted by molar-refractivity contribution is 5.85. The number of carbonyl (C=O) groups is 2. The highest BCUT2D eigenvalue weighted by Crippen LogP contribution is 2.12. The fraction of sp³-hybridized carbons (Fsp3) is 0.429. The van der Waals surface area contributed by atoms with Crippen molar-refractivity contribution < 1.29 is 14.3 Å². The van der Waals surface area contributed by atoms with Gasteiger partial charge in [-0.2, -0.15) is 0 Å². The van der Waals surface area contributed by atoms with E-state index in [9.17, 15) is 9.59 Å². The van der Waals surface area contributed by atoms with Crippen LogP contribution in [-0.2, 0) is 14.3 Å². The summed E-state index contributed by atoms with van der Waals surface area (Å²) in [6.45, 7) is 3.70. The zero-order chi connectivity index (χ0) is 14.4. The van der Waals surface area contributed by atoms with Crippen molar-refractivity contribution in [1.82, 2.24) is 5.32 Å². The summed E-state index contributed by atoms with van der Waals surface area (Å²) in [5.74, 6) is -0.669.